The first-order valence-corrected chi connectivity index (χ1v) is 16.4. The molecule has 0 radical (unpaired) electrons. The SMILES string of the molecule is C[C@@]12C=CCN(Cc3ccccc3)C(=O)[C@@H]1[C@H]1C(=O)N([C@H](CO)c3ccccc3)C3C(=O)N(c4ccc(Cl)cc4)CC=C[C@@]31S2. The first kappa shape index (κ1) is 29.8. The van der Waals surface area contributed by atoms with Crippen molar-refractivity contribution in [3.8, 4) is 0 Å². The van der Waals surface area contributed by atoms with Crippen molar-refractivity contribution >= 4 is 46.8 Å². The predicted molar refractivity (Wildman–Crippen MR) is 177 cm³/mol. The second kappa shape index (κ2) is 11.5. The average molecular weight is 640 g/mol. The maximum atomic E-state index is 15.0. The monoisotopic (exact) mass is 639 g/mol. The first-order chi connectivity index (χ1) is 21.8. The molecule has 3 amide bonds. The lowest BCUT2D eigenvalue weighted by Crippen LogP contribution is -2.54. The van der Waals surface area contributed by atoms with Gasteiger partial charge in [0.2, 0.25) is 11.8 Å². The second-order valence-electron chi connectivity index (χ2n) is 12.3. The van der Waals surface area contributed by atoms with Crippen molar-refractivity contribution in [1.82, 2.24) is 9.80 Å². The van der Waals surface area contributed by atoms with Gasteiger partial charge in [0.1, 0.15) is 6.04 Å². The van der Waals surface area contributed by atoms with E-state index in [0.29, 0.717) is 30.3 Å². The van der Waals surface area contributed by atoms with Gasteiger partial charge >= 0.3 is 0 Å². The number of carbonyl (C=O) groups is 3. The molecular weight excluding hydrogens is 606 g/mol. The third kappa shape index (κ3) is 4.82. The highest BCUT2D eigenvalue weighted by molar-refractivity contribution is 8.02. The number of hydrogen-bond donors (Lipinski definition) is 1. The number of hydrogen-bond acceptors (Lipinski definition) is 5. The fourth-order valence-electron chi connectivity index (χ4n) is 7.68. The number of nitrogens with zero attached hydrogens (tertiary/aromatic N) is 3. The van der Waals surface area contributed by atoms with Crippen LogP contribution in [0.5, 0.6) is 0 Å². The van der Waals surface area contributed by atoms with Crippen LogP contribution in [0.1, 0.15) is 24.1 Å². The quantitative estimate of drug-likeness (QED) is 0.372. The highest BCUT2D eigenvalue weighted by atomic mass is 35.5. The van der Waals surface area contributed by atoms with Crippen molar-refractivity contribution in [3.05, 3.63) is 125 Å². The van der Waals surface area contributed by atoms with Crippen LogP contribution in [0.2, 0.25) is 5.02 Å². The van der Waals surface area contributed by atoms with E-state index in [0.717, 1.165) is 11.1 Å². The van der Waals surface area contributed by atoms with Crippen LogP contribution >= 0.6 is 23.4 Å². The minimum Gasteiger partial charge on any atom is -0.394 e. The summed E-state index contributed by atoms with van der Waals surface area (Å²) >= 11 is 7.72. The number of amides is 3. The van der Waals surface area contributed by atoms with Crippen molar-refractivity contribution < 1.29 is 19.5 Å². The Morgan fingerprint density at radius 3 is 2.20 bits per heavy atom. The summed E-state index contributed by atoms with van der Waals surface area (Å²) in [6.07, 6.45) is 8.03. The Hall–Kier alpha value is -3.85. The largest absolute Gasteiger partial charge is 0.394 e. The third-order valence-corrected chi connectivity index (χ3v) is 11.7. The number of likely N-dealkylation sites (tertiary alicyclic amines) is 1. The molecule has 1 spiro atoms. The minimum atomic E-state index is -1.04. The summed E-state index contributed by atoms with van der Waals surface area (Å²) in [5.41, 5.74) is 2.40. The molecule has 1 N–H and O–H groups in total. The van der Waals surface area contributed by atoms with Crippen LogP contribution in [0.15, 0.2) is 109 Å². The molecule has 2 fully saturated rings. The fourth-order valence-corrected chi connectivity index (χ4v) is 9.95. The molecule has 9 heteroatoms. The highest BCUT2D eigenvalue weighted by Gasteiger charge is 2.74. The average Bonchev–Trinajstić information content (AvgIpc) is 3.32. The van der Waals surface area contributed by atoms with Crippen molar-refractivity contribution in [2.45, 2.75) is 35.0 Å². The highest BCUT2D eigenvalue weighted by Crippen LogP contribution is 2.66. The van der Waals surface area contributed by atoms with E-state index >= 15 is 0 Å². The van der Waals surface area contributed by atoms with Gasteiger partial charge in [-0.05, 0) is 42.3 Å². The van der Waals surface area contributed by atoms with Crippen LogP contribution in [0.3, 0.4) is 0 Å². The lowest BCUT2D eigenvalue weighted by molar-refractivity contribution is -0.145. The van der Waals surface area contributed by atoms with E-state index in [9.17, 15) is 19.5 Å². The summed E-state index contributed by atoms with van der Waals surface area (Å²) < 4.78 is -1.76. The van der Waals surface area contributed by atoms with Gasteiger partial charge in [-0.25, -0.2) is 0 Å². The Balaban J connectivity index is 1.36. The number of fused-ring (bicyclic) bond motifs is 2. The zero-order valence-corrected chi connectivity index (χ0v) is 26.4. The summed E-state index contributed by atoms with van der Waals surface area (Å²) in [4.78, 5) is 49.5. The molecule has 7 rings (SSSR count). The topological polar surface area (TPSA) is 81.2 Å². The molecule has 4 aliphatic rings. The van der Waals surface area contributed by atoms with Crippen LogP contribution in [0.25, 0.3) is 0 Å². The second-order valence-corrected chi connectivity index (χ2v) is 14.5. The van der Waals surface area contributed by atoms with E-state index in [4.69, 9.17) is 11.6 Å². The summed E-state index contributed by atoms with van der Waals surface area (Å²) in [5.74, 6) is -2.16. The van der Waals surface area contributed by atoms with Crippen LogP contribution in [-0.2, 0) is 20.9 Å². The summed E-state index contributed by atoms with van der Waals surface area (Å²) in [6.45, 7) is 2.81. The minimum absolute atomic E-state index is 0.102. The number of halogens is 1. The van der Waals surface area contributed by atoms with Crippen molar-refractivity contribution in [2.24, 2.45) is 11.8 Å². The van der Waals surface area contributed by atoms with E-state index < -0.39 is 33.4 Å². The summed E-state index contributed by atoms with van der Waals surface area (Å²) in [6, 6.07) is 24.5. The number of benzene rings is 3. The molecule has 7 nitrogen and oxygen atoms in total. The molecule has 3 aromatic rings. The molecule has 2 saturated heterocycles. The van der Waals surface area contributed by atoms with E-state index in [2.05, 4.69) is 6.08 Å². The van der Waals surface area contributed by atoms with Crippen molar-refractivity contribution in [2.75, 3.05) is 24.6 Å². The first-order valence-electron chi connectivity index (χ1n) is 15.2. The number of aliphatic hydroxyl groups is 1. The normalized spacial score (nSPS) is 29.7. The van der Waals surface area contributed by atoms with Gasteiger partial charge in [0.05, 0.1) is 29.2 Å². The van der Waals surface area contributed by atoms with Crippen LogP contribution in [0, 0.1) is 11.8 Å². The zero-order valence-electron chi connectivity index (χ0n) is 24.8. The smallest absolute Gasteiger partial charge is 0.251 e. The number of aliphatic hydroxyl groups excluding tert-OH is 1. The van der Waals surface area contributed by atoms with E-state index in [1.165, 1.54) is 11.8 Å². The molecule has 45 heavy (non-hydrogen) atoms. The Morgan fingerprint density at radius 1 is 0.844 bits per heavy atom. The molecule has 230 valence electrons. The molecule has 4 heterocycles. The van der Waals surface area contributed by atoms with Crippen LogP contribution < -0.4 is 4.90 Å². The fraction of sp³-hybridized carbons (Fsp3) is 0.306. The number of rotatable bonds is 6. The summed E-state index contributed by atoms with van der Waals surface area (Å²) in [5, 5.41) is 11.4. The van der Waals surface area contributed by atoms with Crippen molar-refractivity contribution in [3.63, 3.8) is 0 Å². The molecule has 0 aliphatic carbocycles. The Kier molecular flexibility index (Phi) is 7.63. The number of anilines is 1. The van der Waals surface area contributed by atoms with E-state index in [1.54, 1.807) is 34.1 Å². The van der Waals surface area contributed by atoms with Gasteiger partial charge in [-0.1, -0.05) is 96.6 Å². The van der Waals surface area contributed by atoms with Gasteiger partial charge in [-0.3, -0.25) is 14.4 Å². The predicted octanol–water partition coefficient (Wildman–Crippen LogP) is 5.26. The zero-order chi connectivity index (χ0) is 31.3. The Bertz CT molecular complexity index is 1680. The maximum absolute atomic E-state index is 15.0. The van der Waals surface area contributed by atoms with Gasteiger partial charge in [0.25, 0.3) is 5.91 Å². The molecule has 1 unspecified atom stereocenters. The lowest BCUT2D eigenvalue weighted by Gasteiger charge is -2.40. The summed E-state index contributed by atoms with van der Waals surface area (Å²) in [7, 11) is 0. The third-order valence-electron chi connectivity index (χ3n) is 9.63. The molecule has 0 saturated carbocycles. The maximum Gasteiger partial charge on any atom is 0.251 e. The number of carbonyl (C=O) groups excluding carboxylic acids is 3. The molecular formula is C36H34ClN3O4S. The Morgan fingerprint density at radius 2 is 1.51 bits per heavy atom. The van der Waals surface area contributed by atoms with Gasteiger partial charge < -0.3 is 19.8 Å². The van der Waals surface area contributed by atoms with Gasteiger partial charge in [0.15, 0.2) is 0 Å². The van der Waals surface area contributed by atoms with Gasteiger partial charge in [-0.2, -0.15) is 0 Å². The van der Waals surface area contributed by atoms with Crippen molar-refractivity contribution in [1.29, 1.82) is 0 Å². The molecule has 0 bridgehead atoms. The lowest BCUT2D eigenvalue weighted by atomic mass is 9.74. The van der Waals surface area contributed by atoms with Gasteiger partial charge in [-0.15, -0.1) is 11.8 Å². The molecule has 4 aliphatic heterocycles. The Labute approximate surface area is 272 Å². The standard InChI is InChI=1S/C36H34ClN3O4S/c1-35-18-8-20-38(22-24-10-4-2-5-11-24)32(42)29(35)30-33(43)40(28(23-41)25-12-6-3-7-13-25)31-34(44)39(21-9-19-36(30,31)45-35)27-16-14-26(37)15-17-27/h2-19,28-31,41H,20-23H2,1H3/t28-,29+,30+,31?,35-,36+/m1/s1. The van der Waals surface area contributed by atoms with Crippen LogP contribution in [-0.4, -0.2) is 67.9 Å². The molecule has 0 aromatic heterocycles. The number of thioether (sulfide) groups is 1. The van der Waals surface area contributed by atoms with E-state index in [1.807, 2.05) is 90.7 Å². The molecule has 6 atom stereocenters. The molecule has 3 aromatic carbocycles. The van der Waals surface area contributed by atoms with Crippen LogP contribution in [0.4, 0.5) is 5.69 Å². The van der Waals surface area contributed by atoms with E-state index in [-0.39, 0.29) is 24.3 Å². The van der Waals surface area contributed by atoms with Gasteiger partial charge in [0, 0.05) is 35.1 Å².